The van der Waals surface area contributed by atoms with Gasteiger partial charge in [0.1, 0.15) is 11.1 Å². The van der Waals surface area contributed by atoms with Gasteiger partial charge >= 0.3 is 0 Å². The summed E-state index contributed by atoms with van der Waals surface area (Å²) in [6, 6.07) is 13.7. The second-order valence-corrected chi connectivity index (χ2v) is 6.34. The second kappa shape index (κ2) is 15.8. The van der Waals surface area contributed by atoms with Crippen LogP contribution in [0.3, 0.4) is 0 Å². The fourth-order valence-electron chi connectivity index (χ4n) is 2.26. The van der Waals surface area contributed by atoms with E-state index in [1.165, 1.54) is 0 Å². The number of hydrogen-bond donors (Lipinski definition) is 1. The van der Waals surface area contributed by atoms with E-state index in [4.69, 9.17) is 5.73 Å². The molecule has 1 aromatic heterocycles. The van der Waals surface area contributed by atoms with E-state index in [2.05, 4.69) is 17.6 Å². The molecule has 0 radical (unpaired) electrons. The number of nitrogens with two attached hydrogens (primary N) is 1. The van der Waals surface area contributed by atoms with Gasteiger partial charge in [-0.2, -0.15) is 5.26 Å². The summed E-state index contributed by atoms with van der Waals surface area (Å²) in [5.41, 5.74) is 8.67. The van der Waals surface area contributed by atoms with Crippen molar-refractivity contribution in [2.75, 3.05) is 5.75 Å². The molecule has 0 aliphatic heterocycles. The maximum absolute atomic E-state index is 11.2. The van der Waals surface area contributed by atoms with Crippen LogP contribution in [-0.2, 0) is 4.79 Å². The molecule has 0 bridgehead atoms. The minimum absolute atomic E-state index is 0.0558. The lowest BCUT2D eigenvalue weighted by molar-refractivity contribution is -0.115. The monoisotopic (exact) mass is 421 g/mol. The molecule has 1 heterocycles. The SMILES string of the molecule is C=C(/C=C\C=C/C)c1cc(-c2ccccc2)nc(SCC(N)=O)c1C#N.CC.CC. The van der Waals surface area contributed by atoms with Crippen LogP contribution >= 0.6 is 11.8 Å². The van der Waals surface area contributed by atoms with E-state index in [9.17, 15) is 10.1 Å². The summed E-state index contributed by atoms with van der Waals surface area (Å²) >= 11 is 1.16. The molecule has 2 rings (SSSR count). The molecular weight excluding hydrogens is 390 g/mol. The number of aromatic nitrogens is 1. The van der Waals surface area contributed by atoms with Gasteiger partial charge in [0, 0.05) is 11.1 Å². The number of thioether (sulfide) groups is 1. The topological polar surface area (TPSA) is 79.8 Å². The van der Waals surface area contributed by atoms with Crippen molar-refractivity contribution in [3.05, 3.63) is 78.4 Å². The standard InChI is InChI=1S/C21H19N3OS.2C2H6/c1-3-4-6-9-15(2)17-12-19(16-10-7-5-8-11-16)24-21(18(17)13-22)26-14-20(23)25;2*1-2/h3-12H,2,14H2,1H3,(H2,23,25);2*1-2H3/b4-3-,9-6-;;. The number of amides is 1. The van der Waals surface area contributed by atoms with E-state index < -0.39 is 5.91 Å². The maximum atomic E-state index is 11.2. The van der Waals surface area contributed by atoms with Crippen molar-refractivity contribution in [1.82, 2.24) is 4.98 Å². The molecule has 0 atom stereocenters. The molecule has 1 aromatic carbocycles. The molecule has 0 aliphatic rings. The first-order chi connectivity index (χ1) is 14.6. The van der Waals surface area contributed by atoms with Crippen molar-refractivity contribution in [1.29, 1.82) is 5.26 Å². The predicted molar refractivity (Wildman–Crippen MR) is 130 cm³/mol. The van der Waals surface area contributed by atoms with E-state index in [0.29, 0.717) is 27.4 Å². The van der Waals surface area contributed by atoms with Gasteiger partial charge in [-0.15, -0.1) is 0 Å². The van der Waals surface area contributed by atoms with Crippen molar-refractivity contribution in [3.63, 3.8) is 0 Å². The Bertz CT molecular complexity index is 910. The molecule has 0 unspecified atom stereocenters. The third-order valence-electron chi connectivity index (χ3n) is 3.47. The summed E-state index contributed by atoms with van der Waals surface area (Å²) < 4.78 is 0. The number of nitriles is 1. The zero-order chi connectivity index (χ0) is 22.9. The Labute approximate surface area is 185 Å². The highest BCUT2D eigenvalue weighted by atomic mass is 32.2. The van der Waals surface area contributed by atoms with Gasteiger partial charge in [0.2, 0.25) is 5.91 Å². The quantitative estimate of drug-likeness (QED) is 0.414. The van der Waals surface area contributed by atoms with Gasteiger partial charge < -0.3 is 5.73 Å². The summed E-state index contributed by atoms with van der Waals surface area (Å²) in [4.78, 5) is 15.8. The van der Waals surface area contributed by atoms with E-state index >= 15 is 0 Å². The average Bonchev–Trinajstić information content (AvgIpc) is 2.80. The average molecular weight is 422 g/mol. The highest BCUT2D eigenvalue weighted by Crippen LogP contribution is 2.31. The van der Waals surface area contributed by atoms with Crippen LogP contribution in [0.2, 0.25) is 0 Å². The van der Waals surface area contributed by atoms with Crippen molar-refractivity contribution < 1.29 is 4.79 Å². The Morgan fingerprint density at radius 2 is 1.83 bits per heavy atom. The van der Waals surface area contributed by atoms with E-state index in [-0.39, 0.29) is 5.75 Å². The largest absolute Gasteiger partial charge is 0.369 e. The zero-order valence-corrected chi connectivity index (χ0v) is 19.3. The Balaban J connectivity index is 0.00000198. The van der Waals surface area contributed by atoms with Crippen LogP contribution in [-0.4, -0.2) is 16.6 Å². The minimum Gasteiger partial charge on any atom is -0.369 e. The highest BCUT2D eigenvalue weighted by molar-refractivity contribution is 8.00. The first kappa shape index (κ1) is 26.9. The van der Waals surface area contributed by atoms with Crippen molar-refractivity contribution in [2.24, 2.45) is 5.73 Å². The van der Waals surface area contributed by atoms with Crippen molar-refractivity contribution in [3.8, 4) is 17.3 Å². The van der Waals surface area contributed by atoms with Gasteiger partial charge in [0.05, 0.1) is 17.0 Å². The van der Waals surface area contributed by atoms with E-state index in [0.717, 1.165) is 17.3 Å². The first-order valence-electron chi connectivity index (χ1n) is 9.97. The lowest BCUT2D eigenvalue weighted by Crippen LogP contribution is -2.13. The number of pyridine rings is 1. The van der Waals surface area contributed by atoms with Crippen LogP contribution in [0.1, 0.15) is 45.7 Å². The third-order valence-corrected chi connectivity index (χ3v) is 4.46. The lowest BCUT2D eigenvalue weighted by atomic mass is 10.00. The van der Waals surface area contributed by atoms with Crippen LogP contribution in [0.5, 0.6) is 0 Å². The summed E-state index contributed by atoms with van der Waals surface area (Å²) in [7, 11) is 0. The summed E-state index contributed by atoms with van der Waals surface area (Å²) in [6.45, 7) is 14.0. The van der Waals surface area contributed by atoms with Gasteiger partial charge in [-0.1, -0.05) is 101 Å². The van der Waals surface area contributed by atoms with Crippen molar-refractivity contribution >= 4 is 23.2 Å². The summed E-state index contributed by atoms with van der Waals surface area (Å²) in [5, 5.41) is 10.1. The molecule has 158 valence electrons. The Hall–Kier alpha value is -3.10. The second-order valence-electron chi connectivity index (χ2n) is 5.38. The van der Waals surface area contributed by atoms with Crippen molar-refractivity contribution in [2.45, 2.75) is 39.6 Å². The fraction of sp³-hybridized carbons (Fsp3) is 0.240. The van der Waals surface area contributed by atoms with Crippen LogP contribution < -0.4 is 5.73 Å². The molecule has 4 nitrogen and oxygen atoms in total. The van der Waals surface area contributed by atoms with Crippen LogP contribution in [0.15, 0.2) is 72.3 Å². The smallest absolute Gasteiger partial charge is 0.227 e. The number of hydrogen-bond acceptors (Lipinski definition) is 4. The predicted octanol–water partition coefficient (Wildman–Crippen LogP) is 6.40. The Kier molecular flexibility index (Phi) is 14.1. The number of nitrogens with zero attached hydrogens (tertiary/aromatic N) is 2. The number of carbonyl (C=O) groups excluding carboxylic acids is 1. The number of primary amides is 1. The van der Waals surface area contributed by atoms with Gasteiger partial charge in [-0.05, 0) is 18.6 Å². The molecule has 0 saturated heterocycles. The summed E-state index contributed by atoms with van der Waals surface area (Å²) in [6.07, 6.45) is 7.50. The Morgan fingerprint density at radius 1 is 1.20 bits per heavy atom. The Morgan fingerprint density at radius 3 is 2.37 bits per heavy atom. The molecule has 2 N–H and O–H groups in total. The van der Waals surface area contributed by atoms with Gasteiger partial charge in [0.15, 0.2) is 0 Å². The normalized spacial score (nSPS) is 9.87. The van der Waals surface area contributed by atoms with Gasteiger partial charge in [-0.25, -0.2) is 4.98 Å². The number of benzene rings is 1. The maximum Gasteiger partial charge on any atom is 0.227 e. The molecule has 0 aliphatic carbocycles. The zero-order valence-electron chi connectivity index (χ0n) is 18.5. The van der Waals surface area contributed by atoms with E-state index in [1.54, 1.807) is 0 Å². The molecule has 5 heteroatoms. The van der Waals surface area contributed by atoms with E-state index in [1.807, 2.05) is 95.3 Å². The van der Waals surface area contributed by atoms with Gasteiger partial charge in [0.25, 0.3) is 0 Å². The molecule has 1 amide bonds. The van der Waals surface area contributed by atoms with Crippen LogP contribution in [0.25, 0.3) is 16.8 Å². The third kappa shape index (κ3) is 8.50. The molecule has 0 saturated carbocycles. The first-order valence-corrected chi connectivity index (χ1v) is 11.0. The molecule has 30 heavy (non-hydrogen) atoms. The number of allylic oxidation sites excluding steroid dienone is 5. The van der Waals surface area contributed by atoms with Crippen LogP contribution in [0.4, 0.5) is 0 Å². The molecule has 0 spiro atoms. The van der Waals surface area contributed by atoms with Crippen LogP contribution in [0, 0.1) is 11.3 Å². The fourth-order valence-corrected chi connectivity index (χ4v) is 3.00. The highest BCUT2D eigenvalue weighted by Gasteiger charge is 2.16. The molecule has 0 fully saturated rings. The molecular formula is C25H31N3OS. The number of carbonyl (C=O) groups is 1. The lowest BCUT2D eigenvalue weighted by Gasteiger charge is -2.12. The summed E-state index contributed by atoms with van der Waals surface area (Å²) in [5.74, 6) is -0.403. The van der Waals surface area contributed by atoms with Gasteiger partial charge in [-0.3, -0.25) is 4.79 Å². The minimum atomic E-state index is -0.459. The number of rotatable bonds is 7. The molecule has 2 aromatic rings.